The van der Waals surface area contributed by atoms with Crippen LogP contribution in [0.15, 0.2) is 29.7 Å². The summed E-state index contributed by atoms with van der Waals surface area (Å²) < 4.78 is 5.03. The molecular formula is C11H17NOS. The molecule has 0 bridgehead atoms. The third-order valence-electron chi connectivity index (χ3n) is 2.05. The molecular weight excluding hydrogens is 194 g/mol. The van der Waals surface area contributed by atoms with Crippen LogP contribution in [0.4, 0.5) is 0 Å². The first kappa shape index (κ1) is 11.3. The van der Waals surface area contributed by atoms with E-state index >= 15 is 0 Å². The Labute approximate surface area is 89.6 Å². The molecule has 1 atom stereocenters. The zero-order valence-corrected chi connectivity index (χ0v) is 9.35. The van der Waals surface area contributed by atoms with Crippen LogP contribution in [0.1, 0.15) is 24.9 Å². The molecule has 0 aliphatic rings. The summed E-state index contributed by atoms with van der Waals surface area (Å²) in [5, 5.41) is 7.72. The van der Waals surface area contributed by atoms with E-state index in [0.29, 0.717) is 6.04 Å². The molecule has 2 nitrogen and oxygen atoms in total. The van der Waals surface area contributed by atoms with Crippen LogP contribution in [-0.4, -0.2) is 13.2 Å². The van der Waals surface area contributed by atoms with Crippen molar-refractivity contribution in [3.8, 4) is 0 Å². The molecule has 3 heteroatoms. The molecule has 0 amide bonds. The molecule has 0 fully saturated rings. The van der Waals surface area contributed by atoms with Crippen LogP contribution in [0.3, 0.4) is 0 Å². The highest BCUT2D eigenvalue weighted by molar-refractivity contribution is 7.07. The van der Waals surface area contributed by atoms with E-state index in [-0.39, 0.29) is 0 Å². The number of rotatable bonds is 7. The van der Waals surface area contributed by atoms with Crippen molar-refractivity contribution in [2.75, 3.05) is 13.2 Å². The van der Waals surface area contributed by atoms with E-state index in [1.54, 1.807) is 11.3 Å². The van der Waals surface area contributed by atoms with E-state index in [4.69, 9.17) is 4.74 Å². The van der Waals surface area contributed by atoms with E-state index in [1.807, 2.05) is 0 Å². The maximum Gasteiger partial charge on any atom is 0.0885 e. The van der Waals surface area contributed by atoms with Gasteiger partial charge in [0.1, 0.15) is 0 Å². The molecule has 1 rings (SSSR count). The average molecular weight is 211 g/mol. The fraction of sp³-hybridized carbons (Fsp3) is 0.455. The predicted octanol–water partition coefficient (Wildman–Crippen LogP) is 2.95. The molecule has 1 heterocycles. The Morgan fingerprint density at radius 1 is 1.71 bits per heavy atom. The third kappa shape index (κ3) is 3.94. The standard InChI is InChI=1S/C11H17NOS/c1-3-13-7-4-6-12-10(2)11-5-8-14-9-11/h3,5,8-10,12H,1,4,6-7H2,2H3. The molecule has 0 saturated carbocycles. The van der Waals surface area contributed by atoms with Crippen molar-refractivity contribution in [3.63, 3.8) is 0 Å². The number of hydrogen-bond acceptors (Lipinski definition) is 3. The quantitative estimate of drug-likeness (QED) is 0.553. The lowest BCUT2D eigenvalue weighted by molar-refractivity contribution is 0.243. The van der Waals surface area contributed by atoms with Crippen LogP contribution in [-0.2, 0) is 4.74 Å². The fourth-order valence-corrected chi connectivity index (χ4v) is 1.95. The predicted molar refractivity (Wildman–Crippen MR) is 61.5 cm³/mol. The molecule has 1 aromatic heterocycles. The monoisotopic (exact) mass is 211 g/mol. The molecule has 0 saturated heterocycles. The summed E-state index contributed by atoms with van der Waals surface area (Å²) in [7, 11) is 0. The Morgan fingerprint density at radius 3 is 3.21 bits per heavy atom. The van der Waals surface area contributed by atoms with Crippen molar-refractivity contribution < 1.29 is 4.74 Å². The van der Waals surface area contributed by atoms with Crippen molar-refractivity contribution in [2.45, 2.75) is 19.4 Å². The molecule has 14 heavy (non-hydrogen) atoms. The van der Waals surface area contributed by atoms with Gasteiger partial charge in [-0.15, -0.1) is 0 Å². The highest BCUT2D eigenvalue weighted by atomic mass is 32.1. The van der Waals surface area contributed by atoms with Gasteiger partial charge in [-0.05, 0) is 42.3 Å². The normalized spacial score (nSPS) is 12.4. The minimum Gasteiger partial charge on any atom is -0.502 e. The van der Waals surface area contributed by atoms with Gasteiger partial charge in [-0.1, -0.05) is 6.58 Å². The molecule has 0 aliphatic heterocycles. The number of hydrogen-bond donors (Lipinski definition) is 1. The van der Waals surface area contributed by atoms with Crippen molar-refractivity contribution in [1.82, 2.24) is 5.32 Å². The molecule has 78 valence electrons. The van der Waals surface area contributed by atoms with Gasteiger partial charge in [0.25, 0.3) is 0 Å². The van der Waals surface area contributed by atoms with Gasteiger partial charge >= 0.3 is 0 Å². The van der Waals surface area contributed by atoms with E-state index in [2.05, 4.69) is 35.6 Å². The Kier molecular flexibility index (Phi) is 5.33. The van der Waals surface area contributed by atoms with Crippen LogP contribution in [0, 0.1) is 0 Å². The van der Waals surface area contributed by atoms with Crippen LogP contribution in [0.25, 0.3) is 0 Å². The van der Waals surface area contributed by atoms with Gasteiger partial charge in [-0.25, -0.2) is 0 Å². The van der Waals surface area contributed by atoms with Gasteiger partial charge in [-0.3, -0.25) is 0 Å². The van der Waals surface area contributed by atoms with E-state index in [0.717, 1.165) is 19.6 Å². The molecule has 0 aromatic carbocycles. The summed E-state index contributed by atoms with van der Waals surface area (Å²) in [5.74, 6) is 0. The van der Waals surface area contributed by atoms with E-state index in [1.165, 1.54) is 11.8 Å². The second kappa shape index (κ2) is 6.62. The van der Waals surface area contributed by atoms with E-state index < -0.39 is 0 Å². The lowest BCUT2D eigenvalue weighted by Crippen LogP contribution is -2.20. The SMILES string of the molecule is C=COCCCNC(C)c1ccsc1. The fourth-order valence-electron chi connectivity index (χ4n) is 1.20. The summed E-state index contributed by atoms with van der Waals surface area (Å²) in [5.41, 5.74) is 1.36. The third-order valence-corrected chi connectivity index (χ3v) is 2.75. The maximum absolute atomic E-state index is 5.03. The first-order chi connectivity index (χ1) is 6.84. The molecule has 1 unspecified atom stereocenters. The lowest BCUT2D eigenvalue weighted by Gasteiger charge is -2.11. The molecule has 0 spiro atoms. The Bertz CT molecular complexity index is 246. The molecule has 1 aromatic rings. The minimum absolute atomic E-state index is 0.435. The smallest absolute Gasteiger partial charge is 0.0885 e. The molecule has 1 N–H and O–H groups in total. The highest BCUT2D eigenvalue weighted by Crippen LogP contribution is 2.14. The second-order valence-electron chi connectivity index (χ2n) is 3.12. The number of ether oxygens (including phenoxy) is 1. The largest absolute Gasteiger partial charge is 0.502 e. The maximum atomic E-state index is 5.03. The average Bonchev–Trinajstić information content (AvgIpc) is 2.70. The second-order valence-corrected chi connectivity index (χ2v) is 3.90. The first-order valence-electron chi connectivity index (χ1n) is 4.82. The summed E-state index contributed by atoms with van der Waals surface area (Å²) in [6, 6.07) is 2.59. The van der Waals surface area contributed by atoms with Gasteiger partial charge < -0.3 is 10.1 Å². The van der Waals surface area contributed by atoms with Crippen molar-refractivity contribution in [2.24, 2.45) is 0 Å². The van der Waals surface area contributed by atoms with Crippen LogP contribution >= 0.6 is 11.3 Å². The summed E-state index contributed by atoms with van der Waals surface area (Å²) >= 11 is 1.74. The summed E-state index contributed by atoms with van der Waals surface area (Å²) in [6.07, 6.45) is 2.50. The van der Waals surface area contributed by atoms with Crippen molar-refractivity contribution in [1.29, 1.82) is 0 Å². The zero-order valence-electron chi connectivity index (χ0n) is 8.53. The topological polar surface area (TPSA) is 21.3 Å². The summed E-state index contributed by atoms with van der Waals surface area (Å²) in [4.78, 5) is 0. The minimum atomic E-state index is 0.435. The van der Waals surface area contributed by atoms with Crippen LogP contribution < -0.4 is 5.32 Å². The Hall–Kier alpha value is -0.800. The molecule has 0 radical (unpaired) electrons. The summed E-state index contributed by atoms with van der Waals surface area (Å²) in [6.45, 7) is 7.39. The number of nitrogens with one attached hydrogen (secondary N) is 1. The highest BCUT2D eigenvalue weighted by Gasteiger charge is 2.03. The van der Waals surface area contributed by atoms with Crippen LogP contribution in [0.2, 0.25) is 0 Å². The van der Waals surface area contributed by atoms with Gasteiger partial charge in [0.05, 0.1) is 12.9 Å². The first-order valence-corrected chi connectivity index (χ1v) is 5.77. The van der Waals surface area contributed by atoms with Crippen molar-refractivity contribution in [3.05, 3.63) is 35.2 Å². The van der Waals surface area contributed by atoms with Gasteiger partial charge in [-0.2, -0.15) is 11.3 Å². The zero-order chi connectivity index (χ0) is 10.2. The van der Waals surface area contributed by atoms with E-state index in [9.17, 15) is 0 Å². The number of thiophene rings is 1. The van der Waals surface area contributed by atoms with Crippen molar-refractivity contribution >= 4 is 11.3 Å². The lowest BCUT2D eigenvalue weighted by atomic mass is 10.2. The van der Waals surface area contributed by atoms with Gasteiger partial charge in [0, 0.05) is 6.04 Å². The van der Waals surface area contributed by atoms with Crippen LogP contribution in [0.5, 0.6) is 0 Å². The Balaban J connectivity index is 2.10. The Morgan fingerprint density at radius 2 is 2.57 bits per heavy atom. The van der Waals surface area contributed by atoms with Gasteiger partial charge in [0.15, 0.2) is 0 Å². The molecule has 0 aliphatic carbocycles. The van der Waals surface area contributed by atoms with Gasteiger partial charge in [0.2, 0.25) is 0 Å².